The molecule has 0 aliphatic carbocycles. The number of ether oxygens (including phenoxy) is 1. The lowest BCUT2D eigenvalue weighted by molar-refractivity contribution is 0.308. The Labute approximate surface area is 111 Å². The molecule has 0 fully saturated rings. The van der Waals surface area contributed by atoms with E-state index in [1.807, 2.05) is 43.3 Å². The van der Waals surface area contributed by atoms with Gasteiger partial charge in [0, 0.05) is 6.20 Å². The van der Waals surface area contributed by atoms with Gasteiger partial charge in [0.15, 0.2) is 17.1 Å². The fourth-order valence-corrected chi connectivity index (χ4v) is 1.88. The van der Waals surface area contributed by atoms with E-state index in [1.165, 1.54) is 5.56 Å². The fraction of sp³-hybridized carbons (Fsp3) is 0.200. The highest BCUT2D eigenvalue weighted by atomic mass is 16.5. The second-order valence-corrected chi connectivity index (χ2v) is 4.35. The minimum Gasteiger partial charge on any atom is -0.493 e. The predicted octanol–water partition coefficient (Wildman–Crippen LogP) is 3.15. The minimum absolute atomic E-state index is 0.538. The molecule has 3 aromatic rings. The highest BCUT2D eigenvalue weighted by Crippen LogP contribution is 2.15. The second-order valence-electron chi connectivity index (χ2n) is 4.35. The van der Waals surface area contributed by atoms with Crippen molar-refractivity contribution in [2.24, 2.45) is 0 Å². The van der Waals surface area contributed by atoms with Gasteiger partial charge in [-0.25, -0.2) is 4.98 Å². The van der Waals surface area contributed by atoms with Gasteiger partial charge >= 0.3 is 0 Å². The summed E-state index contributed by atoms with van der Waals surface area (Å²) in [7, 11) is 0. The van der Waals surface area contributed by atoms with Crippen molar-refractivity contribution < 1.29 is 9.15 Å². The summed E-state index contributed by atoms with van der Waals surface area (Å²) in [6, 6.07) is 11.7. The molecule has 3 rings (SSSR count). The second kappa shape index (κ2) is 5.10. The first-order valence-corrected chi connectivity index (χ1v) is 6.21. The molecule has 96 valence electrons. The zero-order valence-electron chi connectivity index (χ0n) is 10.7. The standard InChI is InChI=1S/C15H14N2O2/c1-11-4-2-5-12(10-11)18-9-7-14-17-15-13(19-14)6-3-8-16-15/h2-6,8,10H,7,9H2,1H3. The van der Waals surface area contributed by atoms with Crippen molar-refractivity contribution in [2.45, 2.75) is 13.3 Å². The van der Waals surface area contributed by atoms with E-state index in [0.29, 0.717) is 30.1 Å². The van der Waals surface area contributed by atoms with Crippen LogP contribution in [0.1, 0.15) is 11.5 Å². The number of hydrogen-bond acceptors (Lipinski definition) is 4. The Hall–Kier alpha value is -2.36. The van der Waals surface area contributed by atoms with Crippen molar-refractivity contribution in [1.82, 2.24) is 9.97 Å². The van der Waals surface area contributed by atoms with E-state index in [2.05, 4.69) is 9.97 Å². The van der Waals surface area contributed by atoms with Gasteiger partial charge < -0.3 is 9.15 Å². The van der Waals surface area contributed by atoms with Crippen molar-refractivity contribution >= 4 is 11.2 Å². The summed E-state index contributed by atoms with van der Waals surface area (Å²) in [5.41, 5.74) is 2.55. The van der Waals surface area contributed by atoms with Gasteiger partial charge in [0.05, 0.1) is 13.0 Å². The molecule has 0 aliphatic rings. The molecule has 1 aromatic carbocycles. The lowest BCUT2D eigenvalue weighted by Crippen LogP contribution is -2.01. The third kappa shape index (κ3) is 2.73. The Morgan fingerprint density at radius 1 is 1.21 bits per heavy atom. The van der Waals surface area contributed by atoms with E-state index in [9.17, 15) is 0 Å². The van der Waals surface area contributed by atoms with Crippen LogP contribution >= 0.6 is 0 Å². The van der Waals surface area contributed by atoms with Crippen LogP contribution in [0.2, 0.25) is 0 Å². The van der Waals surface area contributed by atoms with E-state index in [-0.39, 0.29) is 0 Å². The monoisotopic (exact) mass is 254 g/mol. The summed E-state index contributed by atoms with van der Waals surface area (Å²) < 4.78 is 11.2. The van der Waals surface area contributed by atoms with Crippen molar-refractivity contribution in [2.75, 3.05) is 6.61 Å². The molecule has 4 nitrogen and oxygen atoms in total. The fourth-order valence-electron chi connectivity index (χ4n) is 1.88. The first-order chi connectivity index (χ1) is 9.31. The number of rotatable bonds is 4. The molecule has 0 atom stereocenters. The number of nitrogens with zero attached hydrogens (tertiary/aromatic N) is 2. The molecular weight excluding hydrogens is 240 g/mol. The Kier molecular flexibility index (Phi) is 3.14. The number of aromatic nitrogens is 2. The van der Waals surface area contributed by atoms with E-state index in [1.54, 1.807) is 6.20 Å². The van der Waals surface area contributed by atoms with Gasteiger partial charge in [0.25, 0.3) is 0 Å². The smallest absolute Gasteiger partial charge is 0.200 e. The SMILES string of the molecule is Cc1cccc(OCCc2nc3ncccc3o2)c1. The van der Waals surface area contributed by atoms with Gasteiger partial charge in [0.1, 0.15) is 5.75 Å². The molecule has 0 radical (unpaired) electrons. The lowest BCUT2D eigenvalue weighted by atomic mass is 10.2. The van der Waals surface area contributed by atoms with E-state index < -0.39 is 0 Å². The average molecular weight is 254 g/mol. The van der Waals surface area contributed by atoms with Crippen LogP contribution in [-0.4, -0.2) is 16.6 Å². The molecule has 2 heterocycles. The molecule has 0 unspecified atom stereocenters. The molecule has 0 bridgehead atoms. The number of fused-ring (bicyclic) bond motifs is 1. The van der Waals surface area contributed by atoms with Crippen LogP contribution in [0.5, 0.6) is 5.75 Å². The van der Waals surface area contributed by atoms with E-state index >= 15 is 0 Å². The molecule has 0 amide bonds. The normalized spacial score (nSPS) is 10.8. The Bertz CT molecular complexity index is 658. The minimum atomic E-state index is 0.538. The van der Waals surface area contributed by atoms with Crippen molar-refractivity contribution in [3.8, 4) is 5.75 Å². The summed E-state index contributed by atoms with van der Waals surface area (Å²) in [6.07, 6.45) is 2.34. The number of benzene rings is 1. The van der Waals surface area contributed by atoms with Crippen LogP contribution in [0.15, 0.2) is 47.0 Å². The van der Waals surface area contributed by atoms with Crippen molar-refractivity contribution in [1.29, 1.82) is 0 Å². The summed E-state index contributed by atoms with van der Waals surface area (Å²) in [6.45, 7) is 2.58. The molecule has 0 aliphatic heterocycles. The van der Waals surface area contributed by atoms with Gasteiger partial charge in [-0.1, -0.05) is 12.1 Å². The first kappa shape index (κ1) is 11.7. The van der Waals surface area contributed by atoms with Gasteiger partial charge in [-0.2, -0.15) is 4.98 Å². The largest absolute Gasteiger partial charge is 0.493 e. The quantitative estimate of drug-likeness (QED) is 0.717. The zero-order valence-corrected chi connectivity index (χ0v) is 10.7. The molecule has 0 N–H and O–H groups in total. The maximum Gasteiger partial charge on any atom is 0.200 e. The number of aryl methyl sites for hydroxylation is 1. The third-order valence-corrected chi connectivity index (χ3v) is 2.78. The molecule has 0 spiro atoms. The van der Waals surface area contributed by atoms with Crippen LogP contribution in [0.25, 0.3) is 11.2 Å². The van der Waals surface area contributed by atoms with Gasteiger partial charge in [-0.05, 0) is 36.8 Å². The summed E-state index contributed by atoms with van der Waals surface area (Å²) in [5, 5.41) is 0. The van der Waals surface area contributed by atoms with Crippen LogP contribution < -0.4 is 4.74 Å². The Balaban J connectivity index is 1.63. The topological polar surface area (TPSA) is 48.2 Å². The molecular formula is C15H14N2O2. The maximum absolute atomic E-state index is 5.67. The van der Waals surface area contributed by atoms with Crippen LogP contribution in [-0.2, 0) is 6.42 Å². The lowest BCUT2D eigenvalue weighted by Gasteiger charge is -2.04. The third-order valence-electron chi connectivity index (χ3n) is 2.78. The van der Waals surface area contributed by atoms with Gasteiger partial charge in [-0.3, -0.25) is 0 Å². The number of oxazole rings is 1. The maximum atomic E-state index is 5.67. The highest BCUT2D eigenvalue weighted by Gasteiger charge is 2.06. The molecule has 4 heteroatoms. The van der Waals surface area contributed by atoms with Crippen LogP contribution in [0.3, 0.4) is 0 Å². The summed E-state index contributed by atoms with van der Waals surface area (Å²) >= 11 is 0. The van der Waals surface area contributed by atoms with Crippen molar-refractivity contribution in [3.63, 3.8) is 0 Å². The average Bonchev–Trinajstić information content (AvgIpc) is 2.81. The predicted molar refractivity (Wildman–Crippen MR) is 72.2 cm³/mol. The van der Waals surface area contributed by atoms with Crippen LogP contribution in [0.4, 0.5) is 0 Å². The van der Waals surface area contributed by atoms with E-state index in [0.717, 1.165) is 5.75 Å². The van der Waals surface area contributed by atoms with Gasteiger partial charge in [0.2, 0.25) is 0 Å². The van der Waals surface area contributed by atoms with Crippen molar-refractivity contribution in [3.05, 3.63) is 54.0 Å². The molecule has 19 heavy (non-hydrogen) atoms. The van der Waals surface area contributed by atoms with Crippen LogP contribution in [0, 0.1) is 6.92 Å². The summed E-state index contributed by atoms with van der Waals surface area (Å²) in [5.74, 6) is 1.52. The molecule has 0 saturated heterocycles. The van der Waals surface area contributed by atoms with Gasteiger partial charge in [-0.15, -0.1) is 0 Å². The first-order valence-electron chi connectivity index (χ1n) is 6.21. The molecule has 0 saturated carbocycles. The summed E-state index contributed by atoms with van der Waals surface area (Å²) in [4.78, 5) is 8.44. The highest BCUT2D eigenvalue weighted by molar-refractivity contribution is 5.66. The zero-order chi connectivity index (χ0) is 13.1. The van der Waals surface area contributed by atoms with E-state index in [4.69, 9.17) is 9.15 Å². The Morgan fingerprint density at radius 2 is 2.16 bits per heavy atom. The Morgan fingerprint density at radius 3 is 3.00 bits per heavy atom. The number of pyridine rings is 1. The number of hydrogen-bond donors (Lipinski definition) is 0. The molecule has 2 aromatic heterocycles.